The summed E-state index contributed by atoms with van der Waals surface area (Å²) in [5, 5.41) is 7.39. The molecule has 30 heavy (non-hydrogen) atoms. The van der Waals surface area contributed by atoms with Gasteiger partial charge in [0, 0.05) is 43.9 Å². The molecule has 2 aromatic heterocycles. The Balaban J connectivity index is 1.48. The van der Waals surface area contributed by atoms with Gasteiger partial charge in [-0.1, -0.05) is 18.2 Å². The highest BCUT2D eigenvalue weighted by molar-refractivity contribution is 5.86. The highest BCUT2D eigenvalue weighted by Gasteiger charge is 2.49. The van der Waals surface area contributed by atoms with Gasteiger partial charge in [0.1, 0.15) is 5.82 Å². The molecule has 1 aliphatic heterocycles. The van der Waals surface area contributed by atoms with Gasteiger partial charge in [-0.05, 0) is 49.6 Å². The van der Waals surface area contributed by atoms with Crippen molar-refractivity contribution in [2.24, 2.45) is 5.41 Å². The average molecular weight is 407 g/mol. The fourth-order valence-electron chi connectivity index (χ4n) is 4.08. The molecule has 3 heterocycles. The summed E-state index contributed by atoms with van der Waals surface area (Å²) in [6.07, 6.45) is 5.84. The number of hydrogen-bond donors (Lipinski definition) is 1. The number of anilines is 1. The maximum absolute atomic E-state index is 14.3. The van der Waals surface area contributed by atoms with Crippen molar-refractivity contribution in [2.45, 2.75) is 26.8 Å². The highest BCUT2D eigenvalue weighted by Crippen LogP contribution is 2.39. The summed E-state index contributed by atoms with van der Waals surface area (Å²) in [4.78, 5) is 19.5. The van der Waals surface area contributed by atoms with Gasteiger partial charge >= 0.3 is 0 Å². The predicted octanol–water partition coefficient (Wildman–Crippen LogP) is 2.90. The molecule has 1 aromatic carbocycles. The van der Waals surface area contributed by atoms with Crippen LogP contribution in [0.2, 0.25) is 0 Å². The van der Waals surface area contributed by atoms with Crippen LogP contribution in [0.3, 0.4) is 0 Å². The summed E-state index contributed by atoms with van der Waals surface area (Å²) < 4.78 is 16.2. The van der Waals surface area contributed by atoms with Gasteiger partial charge in [-0.15, -0.1) is 0 Å². The topological polar surface area (TPSA) is 63.1 Å². The van der Waals surface area contributed by atoms with Gasteiger partial charge in [0.05, 0.1) is 17.7 Å². The molecule has 1 saturated heterocycles. The Morgan fingerprint density at radius 1 is 1.20 bits per heavy atom. The monoisotopic (exact) mass is 407 g/mol. The normalized spacial score (nSPS) is 15.0. The van der Waals surface area contributed by atoms with Gasteiger partial charge in [0.2, 0.25) is 5.91 Å². The molecule has 0 spiro atoms. The lowest BCUT2D eigenvalue weighted by atomic mass is 9.73. The van der Waals surface area contributed by atoms with Crippen molar-refractivity contribution < 1.29 is 9.18 Å². The summed E-state index contributed by atoms with van der Waals surface area (Å²) in [5.41, 5.74) is 2.97. The number of pyridine rings is 1. The summed E-state index contributed by atoms with van der Waals surface area (Å²) >= 11 is 0. The maximum atomic E-state index is 14.3. The van der Waals surface area contributed by atoms with Crippen molar-refractivity contribution in [3.63, 3.8) is 0 Å². The fourth-order valence-corrected chi connectivity index (χ4v) is 4.08. The van der Waals surface area contributed by atoms with E-state index in [2.05, 4.69) is 20.3 Å². The zero-order chi connectivity index (χ0) is 21.1. The van der Waals surface area contributed by atoms with Crippen LogP contribution in [0.1, 0.15) is 16.8 Å². The fraction of sp³-hybridized carbons (Fsp3) is 0.348. The van der Waals surface area contributed by atoms with Crippen LogP contribution in [0.5, 0.6) is 0 Å². The number of nitrogens with one attached hydrogen (secondary N) is 1. The van der Waals surface area contributed by atoms with Crippen LogP contribution in [-0.2, 0) is 17.8 Å². The van der Waals surface area contributed by atoms with Crippen LogP contribution in [0, 0.1) is 25.1 Å². The number of aromatic nitrogens is 3. The molecule has 0 saturated carbocycles. The van der Waals surface area contributed by atoms with E-state index in [0.29, 0.717) is 38.2 Å². The highest BCUT2D eigenvalue weighted by atomic mass is 19.1. The Kier molecular flexibility index (Phi) is 5.53. The summed E-state index contributed by atoms with van der Waals surface area (Å²) in [7, 11) is 0. The molecule has 0 aliphatic carbocycles. The second-order valence-electron chi connectivity index (χ2n) is 8.04. The number of amides is 1. The Hall–Kier alpha value is -3.22. The first-order chi connectivity index (χ1) is 14.5. The zero-order valence-corrected chi connectivity index (χ0v) is 17.3. The van der Waals surface area contributed by atoms with Crippen molar-refractivity contribution in [1.29, 1.82) is 0 Å². The van der Waals surface area contributed by atoms with Crippen LogP contribution in [-0.4, -0.2) is 40.3 Å². The van der Waals surface area contributed by atoms with Crippen LogP contribution in [0.25, 0.3) is 0 Å². The van der Waals surface area contributed by atoms with Crippen LogP contribution >= 0.6 is 0 Å². The number of carbonyl (C=O) groups is 1. The van der Waals surface area contributed by atoms with E-state index in [0.717, 1.165) is 16.9 Å². The molecule has 0 radical (unpaired) electrons. The number of hydrogen-bond acceptors (Lipinski definition) is 4. The van der Waals surface area contributed by atoms with Crippen LogP contribution in [0.15, 0.2) is 55.0 Å². The standard InChI is InChI=1S/C23H26FN5O/c1-17-14-25-9-7-21(17)28-15-23(16-28,13-19-5-3-4-6-20(19)24)22(30)26-10-12-29-11-8-18(2)27-29/h3-9,11,14H,10,12-13,15-16H2,1-2H3,(H,26,30). The van der Waals surface area contributed by atoms with Crippen molar-refractivity contribution in [3.05, 3.63) is 77.6 Å². The van der Waals surface area contributed by atoms with Gasteiger partial charge in [-0.2, -0.15) is 5.10 Å². The predicted molar refractivity (Wildman–Crippen MR) is 114 cm³/mol. The minimum atomic E-state index is -0.669. The molecule has 1 N–H and O–H groups in total. The van der Waals surface area contributed by atoms with Crippen molar-refractivity contribution in [2.75, 3.05) is 24.5 Å². The molecule has 3 aromatic rings. The van der Waals surface area contributed by atoms with Gasteiger partial charge in [-0.25, -0.2) is 4.39 Å². The lowest BCUT2D eigenvalue weighted by Crippen LogP contribution is -2.65. The zero-order valence-electron chi connectivity index (χ0n) is 17.3. The van der Waals surface area contributed by atoms with E-state index in [4.69, 9.17) is 0 Å². The van der Waals surface area contributed by atoms with E-state index < -0.39 is 5.41 Å². The molecule has 156 valence electrons. The van der Waals surface area contributed by atoms with Crippen molar-refractivity contribution in [1.82, 2.24) is 20.1 Å². The molecule has 6 nitrogen and oxygen atoms in total. The Labute approximate surface area is 175 Å². The second-order valence-corrected chi connectivity index (χ2v) is 8.04. The minimum absolute atomic E-state index is 0.0439. The third-order valence-corrected chi connectivity index (χ3v) is 5.69. The number of carbonyl (C=O) groups excluding carboxylic acids is 1. The van der Waals surface area contributed by atoms with E-state index in [1.165, 1.54) is 6.07 Å². The first-order valence-corrected chi connectivity index (χ1v) is 10.1. The largest absolute Gasteiger partial charge is 0.369 e. The quantitative estimate of drug-likeness (QED) is 0.654. The average Bonchev–Trinajstić information content (AvgIpc) is 3.11. The molecular formula is C23H26FN5O. The first-order valence-electron chi connectivity index (χ1n) is 10.1. The second kappa shape index (κ2) is 8.26. The molecule has 0 bridgehead atoms. The summed E-state index contributed by atoms with van der Waals surface area (Å²) in [5.74, 6) is -0.312. The smallest absolute Gasteiger partial charge is 0.230 e. The van der Waals surface area contributed by atoms with E-state index >= 15 is 0 Å². The first kappa shape index (κ1) is 20.1. The molecule has 4 rings (SSSR count). The number of halogens is 1. The Morgan fingerprint density at radius 2 is 2.00 bits per heavy atom. The molecule has 1 aliphatic rings. The summed E-state index contributed by atoms with van der Waals surface area (Å²) in [6.45, 7) is 6.10. The molecule has 7 heteroatoms. The Bertz CT molecular complexity index is 1040. The van der Waals surface area contributed by atoms with Crippen LogP contribution < -0.4 is 10.2 Å². The minimum Gasteiger partial charge on any atom is -0.369 e. The summed E-state index contributed by atoms with van der Waals surface area (Å²) in [6, 6.07) is 10.6. The number of aryl methyl sites for hydroxylation is 2. The van der Waals surface area contributed by atoms with Gasteiger partial charge in [-0.3, -0.25) is 14.5 Å². The van der Waals surface area contributed by atoms with Gasteiger partial charge in [0.25, 0.3) is 0 Å². The molecule has 0 atom stereocenters. The SMILES string of the molecule is Cc1ccn(CCNC(=O)C2(Cc3ccccc3F)CN(c3ccncc3C)C2)n1. The van der Waals surface area contributed by atoms with E-state index in [-0.39, 0.29) is 11.7 Å². The number of rotatable bonds is 7. The Morgan fingerprint density at radius 3 is 2.70 bits per heavy atom. The van der Waals surface area contributed by atoms with Gasteiger partial charge < -0.3 is 10.2 Å². The van der Waals surface area contributed by atoms with E-state index in [9.17, 15) is 9.18 Å². The third-order valence-electron chi connectivity index (χ3n) is 5.69. The third kappa shape index (κ3) is 4.06. The van der Waals surface area contributed by atoms with E-state index in [1.54, 1.807) is 18.3 Å². The molecular weight excluding hydrogens is 381 g/mol. The number of benzene rings is 1. The van der Waals surface area contributed by atoms with Crippen molar-refractivity contribution >= 4 is 11.6 Å². The molecule has 0 unspecified atom stereocenters. The molecule has 1 fully saturated rings. The molecule has 1 amide bonds. The lowest BCUT2D eigenvalue weighted by molar-refractivity contribution is -0.132. The lowest BCUT2D eigenvalue weighted by Gasteiger charge is -2.50. The van der Waals surface area contributed by atoms with Crippen molar-refractivity contribution in [3.8, 4) is 0 Å². The maximum Gasteiger partial charge on any atom is 0.230 e. The number of nitrogens with zero attached hydrogens (tertiary/aromatic N) is 4. The van der Waals surface area contributed by atoms with Gasteiger partial charge in [0.15, 0.2) is 0 Å². The van der Waals surface area contributed by atoms with Crippen LogP contribution in [0.4, 0.5) is 10.1 Å². The van der Waals surface area contributed by atoms with E-state index in [1.807, 2.05) is 49.1 Å².